The average molecular weight is 261 g/mol. The van der Waals surface area contributed by atoms with Crippen LogP contribution in [0, 0.1) is 6.92 Å². The summed E-state index contributed by atoms with van der Waals surface area (Å²) in [5, 5.41) is 9.24. The molecule has 4 heteroatoms. The van der Waals surface area contributed by atoms with Gasteiger partial charge >= 0.3 is 0 Å². The lowest BCUT2D eigenvalue weighted by atomic mass is 10.1. The Morgan fingerprint density at radius 3 is 2.89 bits per heavy atom. The monoisotopic (exact) mass is 261 g/mol. The van der Waals surface area contributed by atoms with Crippen molar-refractivity contribution in [3.05, 3.63) is 29.6 Å². The molecule has 0 saturated heterocycles. The van der Waals surface area contributed by atoms with E-state index in [2.05, 4.69) is 41.6 Å². The minimum absolute atomic E-state index is 0.0563. The van der Waals surface area contributed by atoms with Crippen LogP contribution in [-0.4, -0.2) is 21.3 Å². The molecule has 1 aromatic heterocycles. The second-order valence-electron chi connectivity index (χ2n) is 5.09. The van der Waals surface area contributed by atoms with E-state index in [1.54, 1.807) is 0 Å². The second-order valence-corrected chi connectivity index (χ2v) is 5.09. The van der Waals surface area contributed by atoms with Gasteiger partial charge in [0.05, 0.1) is 23.7 Å². The van der Waals surface area contributed by atoms with Crippen molar-refractivity contribution >= 4 is 11.0 Å². The van der Waals surface area contributed by atoms with Crippen LogP contribution in [0.5, 0.6) is 0 Å². The SMILES string of the molecule is CCCCC(N)c1nc2cc(C)ccc2n1CCO. The van der Waals surface area contributed by atoms with Crippen LogP contribution >= 0.6 is 0 Å². The fraction of sp³-hybridized carbons (Fsp3) is 0.533. The number of imidazole rings is 1. The first kappa shape index (κ1) is 14.0. The molecular weight excluding hydrogens is 238 g/mol. The summed E-state index contributed by atoms with van der Waals surface area (Å²) in [6.45, 7) is 4.87. The summed E-state index contributed by atoms with van der Waals surface area (Å²) in [5.74, 6) is 0.892. The van der Waals surface area contributed by atoms with Gasteiger partial charge < -0.3 is 15.4 Å². The molecule has 1 unspecified atom stereocenters. The predicted molar refractivity (Wildman–Crippen MR) is 78.0 cm³/mol. The molecule has 104 valence electrons. The van der Waals surface area contributed by atoms with Gasteiger partial charge in [-0.3, -0.25) is 0 Å². The number of aryl methyl sites for hydroxylation is 1. The maximum Gasteiger partial charge on any atom is 0.126 e. The summed E-state index contributed by atoms with van der Waals surface area (Å²) >= 11 is 0. The van der Waals surface area contributed by atoms with Gasteiger partial charge in [-0.2, -0.15) is 0 Å². The molecule has 0 saturated carbocycles. The van der Waals surface area contributed by atoms with E-state index in [4.69, 9.17) is 5.73 Å². The van der Waals surface area contributed by atoms with Crippen LogP contribution in [-0.2, 0) is 6.54 Å². The largest absolute Gasteiger partial charge is 0.395 e. The molecule has 0 bridgehead atoms. The van der Waals surface area contributed by atoms with Crippen molar-refractivity contribution in [1.29, 1.82) is 0 Å². The van der Waals surface area contributed by atoms with E-state index in [-0.39, 0.29) is 12.6 Å². The maximum atomic E-state index is 9.24. The van der Waals surface area contributed by atoms with Crippen LogP contribution in [0.15, 0.2) is 18.2 Å². The van der Waals surface area contributed by atoms with Crippen molar-refractivity contribution in [3.8, 4) is 0 Å². The Bertz CT molecular complexity index is 548. The number of hydrogen-bond donors (Lipinski definition) is 2. The number of hydrogen-bond acceptors (Lipinski definition) is 3. The highest BCUT2D eigenvalue weighted by Gasteiger charge is 2.16. The number of aromatic nitrogens is 2. The van der Waals surface area contributed by atoms with Crippen LogP contribution in [0.1, 0.15) is 43.6 Å². The molecule has 1 aromatic carbocycles. The number of aliphatic hydroxyl groups is 1. The zero-order chi connectivity index (χ0) is 13.8. The van der Waals surface area contributed by atoms with Gasteiger partial charge in [-0.15, -0.1) is 0 Å². The number of benzene rings is 1. The Morgan fingerprint density at radius 1 is 1.42 bits per heavy atom. The summed E-state index contributed by atoms with van der Waals surface area (Å²) in [6.07, 6.45) is 3.17. The summed E-state index contributed by atoms with van der Waals surface area (Å²) in [7, 11) is 0. The Kier molecular flexibility index (Phi) is 4.56. The smallest absolute Gasteiger partial charge is 0.126 e. The molecule has 2 rings (SSSR count). The number of nitrogens with two attached hydrogens (primary N) is 1. The van der Waals surface area contributed by atoms with Crippen LogP contribution in [0.4, 0.5) is 0 Å². The number of fused-ring (bicyclic) bond motifs is 1. The third-order valence-corrected chi connectivity index (χ3v) is 3.46. The minimum atomic E-state index is -0.0563. The van der Waals surface area contributed by atoms with E-state index in [1.165, 1.54) is 5.56 Å². The van der Waals surface area contributed by atoms with Crippen molar-refractivity contribution in [2.75, 3.05) is 6.61 Å². The van der Waals surface area contributed by atoms with Crippen LogP contribution in [0.2, 0.25) is 0 Å². The highest BCUT2D eigenvalue weighted by atomic mass is 16.3. The molecule has 0 aliphatic heterocycles. The zero-order valence-corrected chi connectivity index (χ0v) is 11.8. The van der Waals surface area contributed by atoms with Crippen molar-refractivity contribution in [2.45, 2.75) is 45.7 Å². The first-order valence-corrected chi connectivity index (χ1v) is 7.00. The molecule has 4 nitrogen and oxygen atoms in total. The van der Waals surface area contributed by atoms with Gasteiger partial charge in [0.1, 0.15) is 5.82 Å². The Hall–Kier alpha value is -1.39. The Labute approximate surface area is 114 Å². The molecule has 3 N–H and O–H groups in total. The fourth-order valence-electron chi connectivity index (χ4n) is 2.43. The van der Waals surface area contributed by atoms with Gasteiger partial charge in [0.2, 0.25) is 0 Å². The van der Waals surface area contributed by atoms with Gasteiger partial charge in [-0.25, -0.2) is 4.98 Å². The molecule has 2 aromatic rings. The quantitative estimate of drug-likeness (QED) is 0.840. The van der Waals surface area contributed by atoms with Gasteiger partial charge in [0.25, 0.3) is 0 Å². The molecule has 0 aliphatic carbocycles. The molecular formula is C15H23N3O. The van der Waals surface area contributed by atoms with E-state index < -0.39 is 0 Å². The topological polar surface area (TPSA) is 64.1 Å². The third kappa shape index (κ3) is 2.96. The first-order valence-electron chi connectivity index (χ1n) is 7.00. The Balaban J connectivity index is 2.43. The van der Waals surface area contributed by atoms with Crippen LogP contribution < -0.4 is 5.73 Å². The van der Waals surface area contributed by atoms with E-state index in [9.17, 15) is 5.11 Å². The number of nitrogens with zero attached hydrogens (tertiary/aromatic N) is 2. The third-order valence-electron chi connectivity index (χ3n) is 3.46. The van der Waals surface area contributed by atoms with E-state index in [1.807, 2.05) is 0 Å². The van der Waals surface area contributed by atoms with Crippen molar-refractivity contribution in [3.63, 3.8) is 0 Å². The van der Waals surface area contributed by atoms with Gasteiger partial charge in [0.15, 0.2) is 0 Å². The summed E-state index contributed by atoms with van der Waals surface area (Å²) in [6, 6.07) is 6.14. The van der Waals surface area contributed by atoms with Crippen LogP contribution in [0.25, 0.3) is 11.0 Å². The van der Waals surface area contributed by atoms with Crippen molar-refractivity contribution in [2.24, 2.45) is 5.73 Å². The molecule has 1 heterocycles. The minimum Gasteiger partial charge on any atom is -0.395 e. The van der Waals surface area contributed by atoms with E-state index >= 15 is 0 Å². The highest BCUT2D eigenvalue weighted by Crippen LogP contribution is 2.23. The fourth-order valence-corrected chi connectivity index (χ4v) is 2.43. The number of rotatable bonds is 6. The molecule has 19 heavy (non-hydrogen) atoms. The van der Waals surface area contributed by atoms with E-state index in [0.29, 0.717) is 6.54 Å². The van der Waals surface area contributed by atoms with Crippen molar-refractivity contribution in [1.82, 2.24) is 9.55 Å². The lowest BCUT2D eigenvalue weighted by Crippen LogP contribution is -2.17. The average Bonchev–Trinajstić information content (AvgIpc) is 2.74. The maximum absolute atomic E-state index is 9.24. The van der Waals surface area contributed by atoms with Gasteiger partial charge in [-0.05, 0) is 31.0 Å². The number of unbranched alkanes of at least 4 members (excludes halogenated alkanes) is 1. The predicted octanol–water partition coefficient (Wildman–Crippen LogP) is 2.53. The second kappa shape index (κ2) is 6.17. The van der Waals surface area contributed by atoms with Gasteiger partial charge in [0, 0.05) is 6.54 Å². The molecule has 0 radical (unpaired) electrons. The highest BCUT2D eigenvalue weighted by molar-refractivity contribution is 5.77. The van der Waals surface area contributed by atoms with Gasteiger partial charge in [-0.1, -0.05) is 25.8 Å². The molecule has 0 spiro atoms. The first-order chi connectivity index (χ1) is 9.17. The molecule has 0 fully saturated rings. The molecule has 1 atom stereocenters. The summed E-state index contributed by atoms with van der Waals surface area (Å²) < 4.78 is 2.05. The van der Waals surface area contributed by atoms with Crippen LogP contribution in [0.3, 0.4) is 0 Å². The molecule has 0 aliphatic rings. The lowest BCUT2D eigenvalue weighted by Gasteiger charge is -2.13. The lowest BCUT2D eigenvalue weighted by molar-refractivity contribution is 0.274. The zero-order valence-electron chi connectivity index (χ0n) is 11.8. The Morgan fingerprint density at radius 2 is 2.21 bits per heavy atom. The van der Waals surface area contributed by atoms with Crippen molar-refractivity contribution < 1.29 is 5.11 Å². The summed E-state index contributed by atoms with van der Waals surface area (Å²) in [4.78, 5) is 4.67. The van der Waals surface area contributed by atoms with E-state index in [0.717, 1.165) is 36.1 Å². The number of aliphatic hydroxyl groups excluding tert-OH is 1. The standard InChI is InChI=1S/C15H23N3O/c1-3-4-5-12(16)15-17-13-10-11(2)6-7-14(13)18(15)8-9-19/h6-7,10,12,19H,3-5,8-9,16H2,1-2H3. The molecule has 0 amide bonds. The normalized spacial score (nSPS) is 13.1. The summed E-state index contributed by atoms with van der Waals surface area (Å²) in [5.41, 5.74) is 9.46.